The van der Waals surface area contributed by atoms with Crippen molar-refractivity contribution in [2.24, 2.45) is 0 Å². The molecule has 20 heavy (non-hydrogen) atoms. The smallest absolute Gasteiger partial charge is 0.405 e. The Morgan fingerprint density at radius 1 is 1.15 bits per heavy atom. The van der Waals surface area contributed by atoms with Gasteiger partial charge in [-0.2, -0.15) is 0 Å². The highest BCUT2D eigenvalue weighted by molar-refractivity contribution is 6.31. The highest BCUT2D eigenvalue weighted by Crippen LogP contribution is 2.33. The molecule has 2 aromatic rings. The normalized spacial score (nSPS) is 11.2. The highest BCUT2D eigenvalue weighted by atomic mass is 35.5. The molecule has 0 fully saturated rings. The summed E-state index contributed by atoms with van der Waals surface area (Å²) in [6.07, 6.45) is -4.29. The van der Waals surface area contributed by atoms with Crippen LogP contribution in [0, 0.1) is 0 Å². The number of pyridine rings is 1. The van der Waals surface area contributed by atoms with Crippen molar-refractivity contribution in [2.45, 2.75) is 6.36 Å². The Hall–Kier alpha value is -2.08. The van der Waals surface area contributed by atoms with Crippen molar-refractivity contribution in [3.63, 3.8) is 0 Å². The number of aromatic nitrogens is 1. The van der Waals surface area contributed by atoms with Crippen molar-refractivity contribution in [1.29, 1.82) is 0 Å². The number of carbonyl (C=O) groups excluding carboxylic acids is 1. The van der Waals surface area contributed by atoms with Gasteiger partial charge >= 0.3 is 6.36 Å². The fourth-order valence-electron chi connectivity index (χ4n) is 1.57. The fraction of sp³-hybridized carbons (Fsp3) is 0.0769. The van der Waals surface area contributed by atoms with Crippen LogP contribution in [0.4, 0.5) is 13.2 Å². The lowest BCUT2D eigenvalue weighted by atomic mass is 10.1. The largest absolute Gasteiger partial charge is 0.573 e. The Balaban J connectivity index is 2.47. The van der Waals surface area contributed by atoms with Crippen molar-refractivity contribution < 1.29 is 22.7 Å². The summed E-state index contributed by atoms with van der Waals surface area (Å²) in [5, 5.41) is -0.0840. The van der Waals surface area contributed by atoms with Crippen molar-refractivity contribution in [2.75, 3.05) is 0 Å². The van der Waals surface area contributed by atoms with Crippen LogP contribution in [0.25, 0.3) is 11.3 Å². The Kier molecular flexibility index (Phi) is 3.94. The van der Waals surface area contributed by atoms with Gasteiger partial charge in [-0.25, -0.2) is 4.98 Å². The molecule has 0 saturated heterocycles. The van der Waals surface area contributed by atoms with E-state index in [2.05, 4.69) is 9.72 Å². The summed E-state index contributed by atoms with van der Waals surface area (Å²) in [4.78, 5) is 14.5. The third-order valence-electron chi connectivity index (χ3n) is 2.39. The maximum Gasteiger partial charge on any atom is 0.573 e. The van der Waals surface area contributed by atoms with E-state index in [0.717, 1.165) is 0 Å². The second-order valence-electron chi connectivity index (χ2n) is 3.74. The van der Waals surface area contributed by atoms with E-state index in [1.54, 1.807) is 6.07 Å². The highest BCUT2D eigenvalue weighted by Gasteiger charge is 2.32. The first-order chi connectivity index (χ1) is 9.40. The summed E-state index contributed by atoms with van der Waals surface area (Å²) in [5.41, 5.74) is 0.467. The number of hydrogen-bond donors (Lipinski definition) is 0. The van der Waals surface area contributed by atoms with Crippen LogP contribution in [0.15, 0.2) is 36.4 Å². The number of ether oxygens (including phenoxy) is 1. The second kappa shape index (κ2) is 5.50. The van der Waals surface area contributed by atoms with E-state index in [4.69, 9.17) is 11.6 Å². The third kappa shape index (κ3) is 3.27. The molecule has 0 aliphatic carbocycles. The van der Waals surface area contributed by atoms with Gasteiger partial charge in [0.1, 0.15) is 10.9 Å². The van der Waals surface area contributed by atoms with Gasteiger partial charge in [-0.3, -0.25) is 4.79 Å². The van der Waals surface area contributed by atoms with Crippen molar-refractivity contribution in [3.05, 3.63) is 47.1 Å². The van der Waals surface area contributed by atoms with E-state index in [0.29, 0.717) is 6.29 Å². The SMILES string of the molecule is O=Cc1ccc(-c2ccccc2OC(F)(F)F)nc1Cl. The quantitative estimate of drug-likeness (QED) is 0.632. The van der Waals surface area contributed by atoms with E-state index < -0.39 is 6.36 Å². The average molecular weight is 302 g/mol. The molecule has 7 heteroatoms. The molecular weight excluding hydrogens is 295 g/mol. The molecule has 1 aromatic carbocycles. The first-order valence-electron chi connectivity index (χ1n) is 5.37. The van der Waals surface area contributed by atoms with Crippen LogP contribution in [-0.4, -0.2) is 17.6 Å². The van der Waals surface area contributed by atoms with Gasteiger partial charge in [0.05, 0.1) is 11.3 Å². The van der Waals surface area contributed by atoms with Gasteiger partial charge in [0, 0.05) is 5.56 Å². The average Bonchev–Trinajstić information content (AvgIpc) is 2.37. The maximum absolute atomic E-state index is 12.3. The van der Waals surface area contributed by atoms with Crippen LogP contribution in [0.5, 0.6) is 5.75 Å². The zero-order chi connectivity index (χ0) is 14.8. The maximum atomic E-state index is 12.3. The summed E-state index contributed by atoms with van der Waals surface area (Å²) in [7, 11) is 0. The Morgan fingerprint density at radius 2 is 1.85 bits per heavy atom. The van der Waals surface area contributed by atoms with Crippen molar-refractivity contribution in [1.82, 2.24) is 4.98 Å². The molecule has 0 spiro atoms. The Bertz CT molecular complexity index is 644. The molecular formula is C13H7ClF3NO2. The van der Waals surface area contributed by atoms with Gasteiger partial charge < -0.3 is 4.74 Å². The van der Waals surface area contributed by atoms with Crippen LogP contribution in [-0.2, 0) is 0 Å². The summed E-state index contributed by atoms with van der Waals surface area (Å²) in [6, 6.07) is 8.32. The number of alkyl halides is 3. The van der Waals surface area contributed by atoms with Gasteiger partial charge in [0.15, 0.2) is 6.29 Å². The predicted octanol–water partition coefficient (Wildman–Crippen LogP) is 4.11. The zero-order valence-electron chi connectivity index (χ0n) is 9.82. The minimum Gasteiger partial charge on any atom is -0.405 e. The molecule has 0 N–H and O–H groups in total. The number of benzene rings is 1. The minimum absolute atomic E-state index is 0.0840. The minimum atomic E-state index is -4.80. The van der Waals surface area contributed by atoms with Crippen LogP contribution in [0.3, 0.4) is 0 Å². The number of carbonyl (C=O) groups is 1. The van der Waals surface area contributed by atoms with E-state index in [1.165, 1.54) is 30.3 Å². The fourth-order valence-corrected chi connectivity index (χ4v) is 1.77. The molecule has 104 valence electrons. The Labute approximate surface area is 117 Å². The number of para-hydroxylation sites is 1. The lowest BCUT2D eigenvalue weighted by Gasteiger charge is -2.13. The van der Waals surface area contributed by atoms with E-state index >= 15 is 0 Å². The number of rotatable bonds is 3. The number of hydrogen-bond acceptors (Lipinski definition) is 3. The topological polar surface area (TPSA) is 39.2 Å². The standard InChI is InChI=1S/C13H7ClF3NO2/c14-12-8(7-19)5-6-10(18-12)9-3-1-2-4-11(9)20-13(15,16)17/h1-7H. The summed E-state index contributed by atoms with van der Waals surface area (Å²) in [6.45, 7) is 0. The lowest BCUT2D eigenvalue weighted by Crippen LogP contribution is -2.17. The third-order valence-corrected chi connectivity index (χ3v) is 2.70. The first kappa shape index (κ1) is 14.3. The summed E-state index contributed by atoms with van der Waals surface area (Å²) < 4.78 is 40.9. The van der Waals surface area contributed by atoms with E-state index in [-0.39, 0.29) is 27.7 Å². The van der Waals surface area contributed by atoms with Gasteiger partial charge in [0.2, 0.25) is 0 Å². The summed E-state index contributed by atoms with van der Waals surface area (Å²) >= 11 is 5.76. The summed E-state index contributed by atoms with van der Waals surface area (Å²) in [5.74, 6) is -0.387. The van der Waals surface area contributed by atoms with Crippen LogP contribution in [0.1, 0.15) is 10.4 Å². The molecule has 0 aliphatic heterocycles. The van der Waals surface area contributed by atoms with Crippen LogP contribution >= 0.6 is 11.6 Å². The molecule has 1 heterocycles. The molecule has 0 unspecified atom stereocenters. The van der Waals surface area contributed by atoms with Crippen molar-refractivity contribution >= 4 is 17.9 Å². The molecule has 0 radical (unpaired) electrons. The molecule has 0 atom stereocenters. The molecule has 2 rings (SSSR count). The van der Waals surface area contributed by atoms with Gasteiger partial charge in [-0.05, 0) is 24.3 Å². The molecule has 0 saturated carbocycles. The number of aldehydes is 1. The number of nitrogens with zero attached hydrogens (tertiary/aromatic N) is 1. The van der Waals surface area contributed by atoms with E-state index in [1.807, 2.05) is 0 Å². The lowest BCUT2D eigenvalue weighted by molar-refractivity contribution is -0.274. The van der Waals surface area contributed by atoms with Gasteiger partial charge in [0.25, 0.3) is 0 Å². The molecule has 0 bridgehead atoms. The number of halogens is 4. The predicted molar refractivity (Wildman–Crippen MR) is 66.8 cm³/mol. The molecule has 3 nitrogen and oxygen atoms in total. The van der Waals surface area contributed by atoms with Gasteiger partial charge in [-0.1, -0.05) is 23.7 Å². The van der Waals surface area contributed by atoms with Crippen LogP contribution in [0.2, 0.25) is 5.15 Å². The molecule has 1 aromatic heterocycles. The zero-order valence-corrected chi connectivity index (χ0v) is 10.6. The molecule has 0 amide bonds. The van der Waals surface area contributed by atoms with Crippen LogP contribution < -0.4 is 4.74 Å². The monoisotopic (exact) mass is 301 g/mol. The van der Waals surface area contributed by atoms with E-state index in [9.17, 15) is 18.0 Å². The first-order valence-corrected chi connectivity index (χ1v) is 5.75. The van der Waals surface area contributed by atoms with Gasteiger partial charge in [-0.15, -0.1) is 13.2 Å². The molecule has 0 aliphatic rings. The Morgan fingerprint density at radius 3 is 2.45 bits per heavy atom. The van der Waals surface area contributed by atoms with Crippen molar-refractivity contribution in [3.8, 4) is 17.0 Å². The second-order valence-corrected chi connectivity index (χ2v) is 4.10.